The molecule has 0 saturated carbocycles. The summed E-state index contributed by atoms with van der Waals surface area (Å²) in [6, 6.07) is 6.10. The van der Waals surface area contributed by atoms with Crippen LogP contribution in [0.5, 0.6) is 11.5 Å². The molecule has 84 valence electrons. The molecule has 1 aliphatic rings. The third-order valence-corrected chi connectivity index (χ3v) is 2.82. The second-order valence-corrected chi connectivity index (χ2v) is 3.77. The minimum absolute atomic E-state index is 0.449. The third kappa shape index (κ3) is 2.11. The summed E-state index contributed by atoms with van der Waals surface area (Å²) in [6.07, 6.45) is 9.61. The highest BCUT2D eigenvalue weighted by atomic mass is 16.5. The molecule has 0 amide bonds. The average Bonchev–Trinajstić information content (AvgIpc) is 2.39. The smallest absolute Gasteiger partial charge is 0.161 e. The highest BCUT2D eigenvalue weighted by molar-refractivity contribution is 5.45. The van der Waals surface area contributed by atoms with E-state index in [1.807, 2.05) is 12.1 Å². The van der Waals surface area contributed by atoms with Crippen LogP contribution in [0.4, 0.5) is 0 Å². The summed E-state index contributed by atoms with van der Waals surface area (Å²) in [7, 11) is 3.32. The fraction of sp³-hybridized carbons (Fsp3) is 0.286. The van der Waals surface area contributed by atoms with Crippen molar-refractivity contribution < 1.29 is 9.47 Å². The fourth-order valence-corrected chi connectivity index (χ4v) is 1.91. The van der Waals surface area contributed by atoms with Gasteiger partial charge in [0.15, 0.2) is 11.5 Å². The van der Waals surface area contributed by atoms with E-state index in [0.29, 0.717) is 5.92 Å². The summed E-state index contributed by atoms with van der Waals surface area (Å²) >= 11 is 0. The van der Waals surface area contributed by atoms with Crippen molar-refractivity contribution in [1.82, 2.24) is 0 Å². The van der Waals surface area contributed by atoms with Gasteiger partial charge in [0.25, 0.3) is 0 Å². The Morgan fingerprint density at radius 2 is 1.88 bits per heavy atom. The lowest BCUT2D eigenvalue weighted by Crippen LogP contribution is -1.98. The number of hydrogen-bond acceptors (Lipinski definition) is 2. The Bertz CT molecular complexity index is 419. The summed E-state index contributed by atoms with van der Waals surface area (Å²) in [6.45, 7) is 0. The zero-order chi connectivity index (χ0) is 11.4. The first-order valence-electron chi connectivity index (χ1n) is 5.40. The number of allylic oxidation sites excluding steroid dienone is 4. The second kappa shape index (κ2) is 4.88. The molecule has 0 radical (unpaired) electrons. The van der Waals surface area contributed by atoms with Crippen LogP contribution in [0.15, 0.2) is 42.5 Å². The quantitative estimate of drug-likeness (QED) is 0.771. The lowest BCUT2D eigenvalue weighted by molar-refractivity contribution is 0.354. The molecule has 2 rings (SSSR count). The normalized spacial score (nSPS) is 18.5. The van der Waals surface area contributed by atoms with Gasteiger partial charge in [0.2, 0.25) is 0 Å². The SMILES string of the molecule is COc1ccc(C2C=CC=CC2)cc1OC. The number of hydrogen-bond donors (Lipinski definition) is 0. The van der Waals surface area contributed by atoms with Crippen LogP contribution in [0.1, 0.15) is 17.9 Å². The van der Waals surface area contributed by atoms with Gasteiger partial charge < -0.3 is 9.47 Å². The van der Waals surface area contributed by atoms with Gasteiger partial charge in [-0.25, -0.2) is 0 Å². The monoisotopic (exact) mass is 216 g/mol. The maximum Gasteiger partial charge on any atom is 0.161 e. The van der Waals surface area contributed by atoms with E-state index in [9.17, 15) is 0 Å². The van der Waals surface area contributed by atoms with Gasteiger partial charge in [0.05, 0.1) is 14.2 Å². The minimum Gasteiger partial charge on any atom is -0.493 e. The summed E-state index contributed by atoms with van der Waals surface area (Å²) < 4.78 is 10.5. The van der Waals surface area contributed by atoms with Crippen molar-refractivity contribution >= 4 is 0 Å². The molecule has 1 atom stereocenters. The largest absolute Gasteiger partial charge is 0.493 e. The van der Waals surface area contributed by atoms with Crippen molar-refractivity contribution in [1.29, 1.82) is 0 Å². The van der Waals surface area contributed by atoms with Crippen LogP contribution < -0.4 is 9.47 Å². The van der Waals surface area contributed by atoms with Crippen molar-refractivity contribution in [3.63, 3.8) is 0 Å². The Kier molecular flexibility index (Phi) is 3.30. The van der Waals surface area contributed by atoms with Gasteiger partial charge in [-0.3, -0.25) is 0 Å². The number of methoxy groups -OCH3 is 2. The molecule has 0 saturated heterocycles. The molecule has 0 aliphatic heterocycles. The number of rotatable bonds is 3. The van der Waals surface area contributed by atoms with E-state index < -0.39 is 0 Å². The zero-order valence-corrected chi connectivity index (χ0v) is 9.64. The van der Waals surface area contributed by atoms with Crippen LogP contribution in [0.25, 0.3) is 0 Å². The van der Waals surface area contributed by atoms with E-state index in [0.717, 1.165) is 17.9 Å². The lowest BCUT2D eigenvalue weighted by atomic mass is 9.92. The van der Waals surface area contributed by atoms with Crippen molar-refractivity contribution in [2.75, 3.05) is 14.2 Å². The Hall–Kier alpha value is -1.70. The van der Waals surface area contributed by atoms with Crippen LogP contribution in [-0.2, 0) is 0 Å². The maximum atomic E-state index is 5.30. The van der Waals surface area contributed by atoms with E-state index >= 15 is 0 Å². The van der Waals surface area contributed by atoms with Crippen molar-refractivity contribution in [3.8, 4) is 11.5 Å². The number of benzene rings is 1. The maximum absolute atomic E-state index is 5.30. The van der Waals surface area contributed by atoms with Gasteiger partial charge in [-0.15, -0.1) is 0 Å². The molecular formula is C14H16O2. The molecule has 0 fully saturated rings. The first-order chi connectivity index (χ1) is 7.85. The van der Waals surface area contributed by atoms with E-state index in [4.69, 9.17) is 9.47 Å². The Balaban J connectivity index is 2.28. The standard InChI is InChI=1S/C14H16O2/c1-15-13-9-8-12(10-14(13)16-2)11-6-4-3-5-7-11/h3-6,8-11H,7H2,1-2H3. The highest BCUT2D eigenvalue weighted by Gasteiger charge is 2.11. The molecule has 2 nitrogen and oxygen atoms in total. The molecular weight excluding hydrogens is 200 g/mol. The summed E-state index contributed by atoms with van der Waals surface area (Å²) in [5.41, 5.74) is 1.26. The van der Waals surface area contributed by atoms with Crippen LogP contribution in [0.3, 0.4) is 0 Å². The molecule has 0 N–H and O–H groups in total. The highest BCUT2D eigenvalue weighted by Crippen LogP contribution is 2.33. The lowest BCUT2D eigenvalue weighted by Gasteiger charge is -2.15. The molecule has 1 unspecified atom stereocenters. The molecule has 0 heterocycles. The molecule has 16 heavy (non-hydrogen) atoms. The molecule has 1 aliphatic carbocycles. The summed E-state index contributed by atoms with van der Waals surface area (Å²) in [4.78, 5) is 0. The Labute approximate surface area is 96.2 Å². The predicted octanol–water partition coefficient (Wildman–Crippen LogP) is 3.30. The van der Waals surface area contributed by atoms with Gasteiger partial charge in [-0.2, -0.15) is 0 Å². The predicted molar refractivity (Wildman–Crippen MR) is 65.2 cm³/mol. The second-order valence-electron chi connectivity index (χ2n) is 3.77. The van der Waals surface area contributed by atoms with Gasteiger partial charge >= 0.3 is 0 Å². The average molecular weight is 216 g/mol. The van der Waals surface area contributed by atoms with Gasteiger partial charge in [-0.05, 0) is 24.1 Å². The summed E-state index contributed by atoms with van der Waals surface area (Å²) in [5, 5.41) is 0. The van der Waals surface area contributed by atoms with Crippen LogP contribution in [-0.4, -0.2) is 14.2 Å². The molecule has 0 bridgehead atoms. The van der Waals surface area contributed by atoms with E-state index in [-0.39, 0.29) is 0 Å². The number of ether oxygens (including phenoxy) is 2. The topological polar surface area (TPSA) is 18.5 Å². The fourth-order valence-electron chi connectivity index (χ4n) is 1.91. The Morgan fingerprint density at radius 1 is 1.06 bits per heavy atom. The van der Waals surface area contributed by atoms with E-state index in [2.05, 4.69) is 30.4 Å². The molecule has 2 heteroatoms. The first-order valence-corrected chi connectivity index (χ1v) is 5.40. The third-order valence-electron chi connectivity index (χ3n) is 2.82. The van der Waals surface area contributed by atoms with E-state index in [1.165, 1.54) is 5.56 Å². The molecule has 1 aromatic rings. The van der Waals surface area contributed by atoms with Gasteiger partial charge in [0.1, 0.15) is 0 Å². The van der Waals surface area contributed by atoms with Crippen LogP contribution in [0, 0.1) is 0 Å². The van der Waals surface area contributed by atoms with Crippen LogP contribution >= 0.6 is 0 Å². The first kappa shape index (κ1) is 10.8. The van der Waals surface area contributed by atoms with Gasteiger partial charge in [-0.1, -0.05) is 30.4 Å². The van der Waals surface area contributed by atoms with Crippen molar-refractivity contribution in [2.24, 2.45) is 0 Å². The van der Waals surface area contributed by atoms with Crippen molar-refractivity contribution in [2.45, 2.75) is 12.3 Å². The van der Waals surface area contributed by atoms with E-state index in [1.54, 1.807) is 14.2 Å². The van der Waals surface area contributed by atoms with Gasteiger partial charge in [0, 0.05) is 5.92 Å². The van der Waals surface area contributed by atoms with Crippen LogP contribution in [0.2, 0.25) is 0 Å². The zero-order valence-electron chi connectivity index (χ0n) is 9.64. The molecule has 0 spiro atoms. The summed E-state index contributed by atoms with van der Waals surface area (Å²) in [5.74, 6) is 2.02. The minimum atomic E-state index is 0.449. The molecule has 0 aromatic heterocycles. The Morgan fingerprint density at radius 3 is 2.50 bits per heavy atom. The van der Waals surface area contributed by atoms with Crippen molar-refractivity contribution in [3.05, 3.63) is 48.1 Å². The molecule has 1 aromatic carbocycles.